The van der Waals surface area contributed by atoms with E-state index >= 15 is 0 Å². The largest absolute Gasteiger partial charge is 0.349 e. The van der Waals surface area contributed by atoms with Gasteiger partial charge < -0.3 is 5.32 Å². The van der Waals surface area contributed by atoms with E-state index < -0.39 is 10.0 Å². The van der Waals surface area contributed by atoms with Crippen molar-refractivity contribution in [2.24, 2.45) is 0 Å². The van der Waals surface area contributed by atoms with Gasteiger partial charge in [0.1, 0.15) is 0 Å². The van der Waals surface area contributed by atoms with Crippen LogP contribution in [0, 0.1) is 0 Å². The maximum Gasteiger partial charge on any atom is 0.232 e. The normalized spacial score (nSPS) is 14.5. The summed E-state index contributed by atoms with van der Waals surface area (Å²) in [6.45, 7) is 2.29. The summed E-state index contributed by atoms with van der Waals surface area (Å²) in [5.74, 6) is -0.0656. The van der Waals surface area contributed by atoms with Gasteiger partial charge in [-0.25, -0.2) is 8.42 Å². The summed E-state index contributed by atoms with van der Waals surface area (Å²) in [7, 11) is -3.47. The molecule has 1 aliphatic carbocycles. The van der Waals surface area contributed by atoms with E-state index in [1.54, 1.807) is 24.3 Å². The van der Waals surface area contributed by atoms with Crippen molar-refractivity contribution in [3.63, 3.8) is 0 Å². The quantitative estimate of drug-likeness (QED) is 0.568. The number of carbonyl (C=O) groups excluding carboxylic acids is 1. The van der Waals surface area contributed by atoms with Crippen molar-refractivity contribution in [1.82, 2.24) is 5.32 Å². The molecule has 31 heavy (non-hydrogen) atoms. The fraction of sp³-hybridized carbons (Fsp3) is 0.458. The number of amides is 1. The van der Waals surface area contributed by atoms with Gasteiger partial charge in [0.15, 0.2) is 0 Å². The fourth-order valence-electron chi connectivity index (χ4n) is 4.16. The van der Waals surface area contributed by atoms with E-state index in [1.165, 1.54) is 28.3 Å². The first kappa shape index (κ1) is 23.6. The third-order valence-electron chi connectivity index (χ3n) is 5.78. The zero-order valence-electron chi connectivity index (χ0n) is 18.2. The number of hydrogen-bond acceptors (Lipinski definition) is 3. The number of rotatable bonds is 9. The first-order valence-corrected chi connectivity index (χ1v) is 13.1. The molecule has 1 atom stereocenters. The molecule has 0 heterocycles. The lowest BCUT2D eigenvalue weighted by Gasteiger charge is -2.23. The van der Waals surface area contributed by atoms with Gasteiger partial charge in [-0.15, -0.1) is 0 Å². The van der Waals surface area contributed by atoms with E-state index in [9.17, 15) is 13.2 Å². The molecule has 0 radical (unpaired) electrons. The van der Waals surface area contributed by atoms with Crippen molar-refractivity contribution in [2.45, 2.75) is 57.9 Å². The van der Waals surface area contributed by atoms with Crippen LogP contribution in [0.4, 0.5) is 5.69 Å². The minimum atomic E-state index is -3.47. The van der Waals surface area contributed by atoms with Gasteiger partial charge in [0.25, 0.3) is 0 Å². The number of anilines is 1. The van der Waals surface area contributed by atoms with Crippen LogP contribution in [0.15, 0.2) is 42.5 Å². The molecule has 2 aromatic rings. The summed E-state index contributed by atoms with van der Waals surface area (Å²) in [4.78, 5) is 12.6. The van der Waals surface area contributed by atoms with E-state index in [2.05, 4.69) is 30.4 Å². The lowest BCUT2D eigenvalue weighted by atomic mass is 9.89. The number of nitrogens with zero attached hydrogens (tertiary/aromatic N) is 1. The molecule has 0 aliphatic heterocycles. The van der Waals surface area contributed by atoms with Crippen molar-refractivity contribution in [3.8, 4) is 0 Å². The van der Waals surface area contributed by atoms with E-state index in [4.69, 9.17) is 11.6 Å². The summed E-state index contributed by atoms with van der Waals surface area (Å²) in [5.41, 5.74) is 4.49. The van der Waals surface area contributed by atoms with Crippen LogP contribution < -0.4 is 9.62 Å². The van der Waals surface area contributed by atoms with Crippen LogP contribution in [0.5, 0.6) is 0 Å². The van der Waals surface area contributed by atoms with Crippen molar-refractivity contribution < 1.29 is 13.2 Å². The molecule has 0 bridgehead atoms. The number of halogens is 1. The number of benzene rings is 2. The molecule has 1 unspecified atom stereocenters. The van der Waals surface area contributed by atoms with Crippen LogP contribution in [0.25, 0.3) is 0 Å². The fourth-order valence-corrected chi connectivity index (χ4v) is 5.30. The predicted molar refractivity (Wildman–Crippen MR) is 127 cm³/mol. The highest BCUT2D eigenvalue weighted by Crippen LogP contribution is 2.26. The number of sulfonamides is 1. The molecule has 168 valence electrons. The Morgan fingerprint density at radius 3 is 2.55 bits per heavy atom. The first-order chi connectivity index (χ1) is 14.8. The van der Waals surface area contributed by atoms with Crippen LogP contribution >= 0.6 is 11.6 Å². The maximum atomic E-state index is 12.6. The summed E-state index contributed by atoms with van der Waals surface area (Å²) >= 11 is 6.01. The SMILES string of the molecule is CCC(NC(=O)CCCN(c1cccc(Cl)c1)S(C)(=O)=O)c1ccc2c(c1)CCCC2. The van der Waals surface area contributed by atoms with Gasteiger partial charge in [0.2, 0.25) is 15.9 Å². The third-order valence-corrected chi connectivity index (χ3v) is 7.21. The van der Waals surface area contributed by atoms with E-state index in [0.29, 0.717) is 17.1 Å². The van der Waals surface area contributed by atoms with Crippen LogP contribution in [0.2, 0.25) is 5.02 Å². The second-order valence-corrected chi connectivity index (χ2v) is 10.5. The highest BCUT2D eigenvalue weighted by atomic mass is 35.5. The Bertz CT molecular complexity index is 1020. The Morgan fingerprint density at radius 1 is 1.13 bits per heavy atom. The molecule has 0 saturated carbocycles. The molecule has 7 heteroatoms. The summed E-state index contributed by atoms with van der Waals surface area (Å²) in [6, 6.07) is 13.3. The second-order valence-electron chi connectivity index (χ2n) is 8.18. The van der Waals surface area contributed by atoms with E-state index in [-0.39, 0.29) is 24.9 Å². The van der Waals surface area contributed by atoms with Crippen LogP contribution in [-0.2, 0) is 27.7 Å². The van der Waals surface area contributed by atoms with Crippen LogP contribution in [0.3, 0.4) is 0 Å². The Balaban J connectivity index is 1.59. The molecule has 1 N–H and O–H groups in total. The van der Waals surface area contributed by atoms with Crippen LogP contribution in [0.1, 0.15) is 61.8 Å². The monoisotopic (exact) mass is 462 g/mol. The Hall–Kier alpha value is -2.05. The van der Waals surface area contributed by atoms with Gasteiger partial charge in [-0.1, -0.05) is 42.8 Å². The van der Waals surface area contributed by atoms with Gasteiger partial charge in [-0.05, 0) is 73.4 Å². The molecule has 5 nitrogen and oxygen atoms in total. The van der Waals surface area contributed by atoms with Crippen molar-refractivity contribution in [3.05, 3.63) is 64.2 Å². The molecule has 1 aliphatic rings. The van der Waals surface area contributed by atoms with Crippen molar-refractivity contribution in [1.29, 1.82) is 0 Å². The topological polar surface area (TPSA) is 66.5 Å². The second kappa shape index (κ2) is 10.5. The molecule has 0 saturated heterocycles. The number of hydrogen-bond donors (Lipinski definition) is 1. The minimum absolute atomic E-state index is 0.0290. The van der Waals surface area contributed by atoms with Crippen molar-refractivity contribution in [2.75, 3.05) is 17.1 Å². The lowest BCUT2D eigenvalue weighted by Crippen LogP contribution is -2.33. The molecule has 1 amide bonds. The molecular weight excluding hydrogens is 432 g/mol. The number of carbonyl (C=O) groups is 1. The average molecular weight is 463 g/mol. The number of aryl methyl sites for hydroxylation is 2. The van der Waals surface area contributed by atoms with E-state index in [1.807, 2.05) is 0 Å². The standard InChI is InChI=1S/C24H31ClN2O3S/c1-3-23(20-14-13-18-8-4-5-9-19(18)16-20)26-24(28)12-7-15-27(31(2,29)30)22-11-6-10-21(25)17-22/h6,10-11,13-14,16-17,23H,3-5,7-9,12,15H2,1-2H3,(H,26,28). The number of fused-ring (bicyclic) bond motifs is 1. The highest BCUT2D eigenvalue weighted by molar-refractivity contribution is 7.92. The van der Waals surface area contributed by atoms with Gasteiger partial charge in [0.05, 0.1) is 18.0 Å². The molecular formula is C24H31ClN2O3S. The number of nitrogens with one attached hydrogen (secondary N) is 1. The molecule has 0 spiro atoms. The Morgan fingerprint density at radius 2 is 1.87 bits per heavy atom. The smallest absolute Gasteiger partial charge is 0.232 e. The van der Waals surface area contributed by atoms with E-state index in [0.717, 1.165) is 31.1 Å². The zero-order valence-corrected chi connectivity index (χ0v) is 19.8. The Labute approximate surface area is 190 Å². The van der Waals surface area contributed by atoms with Gasteiger partial charge in [0, 0.05) is 18.0 Å². The first-order valence-electron chi connectivity index (χ1n) is 10.9. The predicted octanol–water partition coefficient (Wildman–Crippen LogP) is 5.03. The maximum absolute atomic E-state index is 12.6. The average Bonchev–Trinajstić information content (AvgIpc) is 2.73. The minimum Gasteiger partial charge on any atom is -0.349 e. The summed E-state index contributed by atoms with van der Waals surface area (Å²) in [5, 5.41) is 3.60. The third kappa shape index (κ3) is 6.47. The Kier molecular flexibility index (Phi) is 8.00. The summed E-state index contributed by atoms with van der Waals surface area (Å²) < 4.78 is 25.8. The van der Waals surface area contributed by atoms with Crippen LogP contribution in [-0.4, -0.2) is 27.1 Å². The molecule has 0 aromatic heterocycles. The van der Waals surface area contributed by atoms with Gasteiger partial charge in [-0.3, -0.25) is 9.10 Å². The molecule has 3 rings (SSSR count). The lowest BCUT2D eigenvalue weighted by molar-refractivity contribution is -0.121. The summed E-state index contributed by atoms with van der Waals surface area (Å²) in [6.07, 6.45) is 7.38. The van der Waals surface area contributed by atoms with Gasteiger partial charge in [-0.2, -0.15) is 0 Å². The molecule has 2 aromatic carbocycles. The van der Waals surface area contributed by atoms with Gasteiger partial charge >= 0.3 is 0 Å². The zero-order chi connectivity index (χ0) is 22.4. The highest BCUT2D eigenvalue weighted by Gasteiger charge is 2.19. The van der Waals surface area contributed by atoms with Crippen molar-refractivity contribution >= 4 is 33.2 Å². The molecule has 0 fully saturated rings.